The number of hydrogen-bond acceptors (Lipinski definition) is 4. The molecule has 2 N–H and O–H groups in total. The van der Waals surface area contributed by atoms with Crippen LogP contribution in [0.15, 0.2) is 34.9 Å². The van der Waals surface area contributed by atoms with Crippen molar-refractivity contribution in [2.24, 2.45) is 0 Å². The number of nitrogens with two attached hydrogens (primary N) is 1. The SMILES string of the molecule is Nc1cc(Br)nc(OCc2ccccc2Cl)n1. The van der Waals surface area contributed by atoms with E-state index in [4.69, 9.17) is 22.1 Å². The summed E-state index contributed by atoms with van der Waals surface area (Å²) in [4.78, 5) is 7.99. The fourth-order valence-corrected chi connectivity index (χ4v) is 1.81. The maximum absolute atomic E-state index is 6.00. The Morgan fingerprint density at radius 3 is 2.76 bits per heavy atom. The summed E-state index contributed by atoms with van der Waals surface area (Å²) in [7, 11) is 0. The van der Waals surface area contributed by atoms with Crippen LogP contribution >= 0.6 is 27.5 Å². The van der Waals surface area contributed by atoms with Crippen molar-refractivity contribution < 1.29 is 4.74 Å². The third-order valence-corrected chi connectivity index (χ3v) is 2.78. The van der Waals surface area contributed by atoms with E-state index >= 15 is 0 Å². The van der Waals surface area contributed by atoms with Gasteiger partial charge >= 0.3 is 6.01 Å². The summed E-state index contributed by atoms with van der Waals surface area (Å²) in [5.74, 6) is 0.348. The number of rotatable bonds is 3. The van der Waals surface area contributed by atoms with E-state index in [0.29, 0.717) is 22.1 Å². The normalized spacial score (nSPS) is 10.2. The number of ether oxygens (including phenoxy) is 1. The van der Waals surface area contributed by atoms with E-state index < -0.39 is 0 Å². The first kappa shape index (κ1) is 12.1. The molecule has 0 bridgehead atoms. The third-order valence-electron chi connectivity index (χ3n) is 2.01. The molecule has 0 amide bonds. The van der Waals surface area contributed by atoms with Crippen LogP contribution in [0.3, 0.4) is 0 Å². The van der Waals surface area contributed by atoms with Crippen molar-refractivity contribution in [3.05, 3.63) is 45.5 Å². The molecule has 0 saturated carbocycles. The fourth-order valence-electron chi connectivity index (χ4n) is 1.24. The molecule has 0 radical (unpaired) electrons. The Balaban J connectivity index is 2.10. The van der Waals surface area contributed by atoms with Crippen molar-refractivity contribution in [2.45, 2.75) is 6.61 Å². The highest BCUT2D eigenvalue weighted by Gasteiger charge is 2.04. The average molecular weight is 315 g/mol. The average Bonchev–Trinajstić information content (AvgIpc) is 2.27. The van der Waals surface area contributed by atoms with E-state index in [1.165, 1.54) is 0 Å². The Labute approximate surface area is 112 Å². The van der Waals surface area contributed by atoms with Crippen LogP contribution < -0.4 is 10.5 Å². The first-order valence-corrected chi connectivity index (χ1v) is 5.98. The van der Waals surface area contributed by atoms with Crippen LogP contribution in [0.2, 0.25) is 5.02 Å². The van der Waals surface area contributed by atoms with Crippen LogP contribution in [0.4, 0.5) is 5.82 Å². The van der Waals surface area contributed by atoms with E-state index in [1.807, 2.05) is 18.2 Å². The first-order valence-electron chi connectivity index (χ1n) is 4.81. The zero-order valence-electron chi connectivity index (χ0n) is 8.73. The molecule has 0 aliphatic carbocycles. The molecule has 0 atom stereocenters. The molecule has 0 aliphatic heterocycles. The predicted molar refractivity (Wildman–Crippen MR) is 69.9 cm³/mol. The number of hydrogen-bond donors (Lipinski definition) is 1. The molecule has 0 saturated heterocycles. The lowest BCUT2D eigenvalue weighted by atomic mass is 10.2. The van der Waals surface area contributed by atoms with Gasteiger partial charge in [-0.2, -0.15) is 9.97 Å². The highest BCUT2D eigenvalue weighted by atomic mass is 79.9. The Morgan fingerprint density at radius 1 is 1.29 bits per heavy atom. The number of nitrogen functional groups attached to an aromatic ring is 1. The first-order chi connectivity index (χ1) is 8.15. The summed E-state index contributed by atoms with van der Waals surface area (Å²) in [5.41, 5.74) is 6.44. The van der Waals surface area contributed by atoms with Gasteiger partial charge < -0.3 is 10.5 Å². The quantitative estimate of drug-likeness (QED) is 0.885. The van der Waals surface area contributed by atoms with Crippen LogP contribution in [-0.2, 0) is 6.61 Å². The van der Waals surface area contributed by atoms with Crippen molar-refractivity contribution in [1.29, 1.82) is 0 Å². The topological polar surface area (TPSA) is 61.0 Å². The number of anilines is 1. The highest BCUT2D eigenvalue weighted by Crippen LogP contribution is 2.18. The molecule has 1 aromatic carbocycles. The van der Waals surface area contributed by atoms with Gasteiger partial charge in [0.15, 0.2) is 0 Å². The molecule has 0 aliphatic rings. The molecule has 2 aromatic rings. The third kappa shape index (κ3) is 3.31. The second-order valence-corrected chi connectivity index (χ2v) is 4.50. The van der Waals surface area contributed by atoms with Crippen LogP contribution in [0.25, 0.3) is 0 Å². The highest BCUT2D eigenvalue weighted by molar-refractivity contribution is 9.10. The molecule has 1 heterocycles. The summed E-state index contributed by atoms with van der Waals surface area (Å²) in [6.45, 7) is 0.301. The number of benzene rings is 1. The van der Waals surface area contributed by atoms with Gasteiger partial charge in [-0.25, -0.2) is 0 Å². The zero-order chi connectivity index (χ0) is 12.3. The Kier molecular flexibility index (Phi) is 3.81. The van der Waals surface area contributed by atoms with E-state index in [1.54, 1.807) is 12.1 Å². The predicted octanol–water partition coefficient (Wildman–Crippen LogP) is 3.05. The standard InChI is InChI=1S/C11H9BrClN3O/c12-9-5-10(14)16-11(15-9)17-6-7-3-1-2-4-8(7)13/h1-5H,6H2,(H2,14,15,16). The van der Waals surface area contributed by atoms with Crippen LogP contribution in [0.5, 0.6) is 6.01 Å². The molecule has 2 rings (SSSR count). The lowest BCUT2D eigenvalue weighted by Crippen LogP contribution is -2.02. The molecule has 6 heteroatoms. The molecule has 1 aromatic heterocycles. The van der Waals surface area contributed by atoms with Gasteiger partial charge in [0.25, 0.3) is 0 Å². The summed E-state index contributed by atoms with van der Waals surface area (Å²) in [5, 5.41) is 0.649. The number of nitrogens with zero attached hydrogens (tertiary/aromatic N) is 2. The molecule has 88 valence electrons. The summed E-state index contributed by atoms with van der Waals surface area (Å²) in [6, 6.07) is 9.25. The lowest BCUT2D eigenvalue weighted by Gasteiger charge is -2.06. The van der Waals surface area contributed by atoms with Crippen LogP contribution in [0.1, 0.15) is 5.56 Å². The molecular formula is C11H9BrClN3O. The minimum absolute atomic E-state index is 0.219. The summed E-state index contributed by atoms with van der Waals surface area (Å²) in [6.07, 6.45) is 0. The van der Waals surface area contributed by atoms with Crippen molar-refractivity contribution in [3.63, 3.8) is 0 Å². The van der Waals surface area contributed by atoms with Gasteiger partial charge in [0.1, 0.15) is 17.0 Å². The Hall–Kier alpha value is -1.33. The van der Waals surface area contributed by atoms with Crippen molar-refractivity contribution >= 4 is 33.3 Å². The summed E-state index contributed by atoms with van der Waals surface area (Å²) < 4.78 is 6.00. The van der Waals surface area contributed by atoms with Gasteiger partial charge in [-0.05, 0) is 22.0 Å². The smallest absolute Gasteiger partial charge is 0.319 e. The Bertz CT molecular complexity index is 516. The zero-order valence-corrected chi connectivity index (χ0v) is 11.1. The van der Waals surface area contributed by atoms with Crippen LogP contribution in [0, 0.1) is 0 Å². The number of aromatic nitrogens is 2. The second-order valence-electron chi connectivity index (χ2n) is 3.28. The van der Waals surface area contributed by atoms with Gasteiger partial charge in [0.2, 0.25) is 0 Å². The molecule has 4 nitrogen and oxygen atoms in total. The van der Waals surface area contributed by atoms with Gasteiger partial charge in [0, 0.05) is 16.7 Å². The second kappa shape index (κ2) is 5.33. The van der Waals surface area contributed by atoms with Gasteiger partial charge in [-0.15, -0.1) is 0 Å². The van der Waals surface area contributed by atoms with Gasteiger partial charge in [-0.1, -0.05) is 29.8 Å². The molecule has 0 unspecified atom stereocenters. The lowest BCUT2D eigenvalue weighted by molar-refractivity contribution is 0.280. The number of halogens is 2. The van der Waals surface area contributed by atoms with Crippen molar-refractivity contribution in [3.8, 4) is 6.01 Å². The van der Waals surface area contributed by atoms with Gasteiger partial charge in [0.05, 0.1) is 0 Å². The maximum Gasteiger partial charge on any atom is 0.319 e. The van der Waals surface area contributed by atoms with E-state index in [2.05, 4.69) is 25.9 Å². The molecule has 0 fully saturated rings. The minimum Gasteiger partial charge on any atom is -0.458 e. The maximum atomic E-state index is 6.00. The molecular weight excluding hydrogens is 305 g/mol. The molecule has 17 heavy (non-hydrogen) atoms. The largest absolute Gasteiger partial charge is 0.458 e. The summed E-state index contributed by atoms with van der Waals surface area (Å²) >= 11 is 9.21. The van der Waals surface area contributed by atoms with E-state index in [9.17, 15) is 0 Å². The minimum atomic E-state index is 0.219. The Morgan fingerprint density at radius 2 is 2.06 bits per heavy atom. The van der Waals surface area contributed by atoms with Crippen molar-refractivity contribution in [1.82, 2.24) is 9.97 Å². The monoisotopic (exact) mass is 313 g/mol. The molecule has 0 spiro atoms. The van der Waals surface area contributed by atoms with E-state index in [0.717, 1.165) is 5.56 Å². The van der Waals surface area contributed by atoms with Crippen molar-refractivity contribution in [2.75, 3.05) is 5.73 Å². The fraction of sp³-hybridized carbons (Fsp3) is 0.0909. The van der Waals surface area contributed by atoms with Gasteiger partial charge in [-0.3, -0.25) is 0 Å². The van der Waals surface area contributed by atoms with E-state index in [-0.39, 0.29) is 6.01 Å². The van der Waals surface area contributed by atoms with Crippen LogP contribution in [-0.4, -0.2) is 9.97 Å².